The molecule has 0 aliphatic heterocycles. The van der Waals surface area contributed by atoms with E-state index in [1.54, 1.807) is 0 Å². The Kier molecular flexibility index (Phi) is 6.42. The molecule has 6 heteroatoms. The lowest BCUT2D eigenvalue weighted by atomic mass is 9.86. The molecule has 0 aliphatic rings. The molecule has 0 saturated carbocycles. The van der Waals surface area contributed by atoms with Crippen molar-refractivity contribution < 1.29 is 23.8 Å². The summed E-state index contributed by atoms with van der Waals surface area (Å²) in [6, 6.07) is 11.8. The number of carbonyl (C=O) groups excluding carboxylic acids is 2. The van der Waals surface area contributed by atoms with Gasteiger partial charge in [-0.2, -0.15) is 0 Å². The number of hydrogen-bond donors (Lipinski definition) is 0. The molecular formula is C20H21BrO5. The van der Waals surface area contributed by atoms with Crippen molar-refractivity contribution in [3.63, 3.8) is 0 Å². The van der Waals surface area contributed by atoms with E-state index >= 15 is 0 Å². The van der Waals surface area contributed by atoms with E-state index in [-0.39, 0.29) is 12.0 Å². The lowest BCUT2D eigenvalue weighted by Gasteiger charge is -2.23. The summed E-state index contributed by atoms with van der Waals surface area (Å²) in [6.45, 7) is 6.00. The zero-order valence-electron chi connectivity index (χ0n) is 15.2. The molecule has 5 nitrogen and oxygen atoms in total. The maximum absolute atomic E-state index is 12.0. The number of ether oxygens (including phenoxy) is 3. The van der Waals surface area contributed by atoms with Crippen molar-refractivity contribution in [2.45, 2.75) is 26.2 Å². The molecule has 0 unspecified atom stereocenters. The molecule has 0 aliphatic carbocycles. The lowest BCUT2D eigenvalue weighted by Crippen LogP contribution is -2.20. The van der Waals surface area contributed by atoms with Crippen LogP contribution in [0.1, 0.15) is 36.7 Å². The molecule has 0 N–H and O–H groups in total. The second kappa shape index (κ2) is 8.36. The molecule has 2 aromatic rings. The number of hydrogen-bond acceptors (Lipinski definition) is 5. The minimum Gasteiger partial charge on any atom is -0.482 e. The quantitative estimate of drug-likeness (QED) is 0.525. The van der Waals surface area contributed by atoms with Crippen molar-refractivity contribution in [3.05, 3.63) is 58.1 Å². The van der Waals surface area contributed by atoms with Crippen LogP contribution in [-0.2, 0) is 14.9 Å². The van der Waals surface area contributed by atoms with E-state index in [0.29, 0.717) is 17.1 Å². The molecule has 0 atom stereocenters. The van der Waals surface area contributed by atoms with Crippen molar-refractivity contribution in [2.24, 2.45) is 0 Å². The average molecular weight is 421 g/mol. The average Bonchev–Trinajstić information content (AvgIpc) is 2.60. The maximum atomic E-state index is 12.0. The number of benzene rings is 2. The third kappa shape index (κ3) is 5.33. The third-order valence-corrected chi connectivity index (χ3v) is 4.10. The van der Waals surface area contributed by atoms with Gasteiger partial charge in [-0.3, -0.25) is 0 Å². The highest BCUT2D eigenvalue weighted by atomic mass is 79.9. The van der Waals surface area contributed by atoms with Crippen molar-refractivity contribution >= 4 is 27.9 Å². The van der Waals surface area contributed by atoms with Gasteiger partial charge >= 0.3 is 11.9 Å². The molecule has 2 aromatic carbocycles. The van der Waals surface area contributed by atoms with Gasteiger partial charge in [-0.15, -0.1) is 0 Å². The van der Waals surface area contributed by atoms with Crippen molar-refractivity contribution in [1.29, 1.82) is 0 Å². The summed E-state index contributed by atoms with van der Waals surface area (Å²) in [5, 5.41) is 0. The van der Waals surface area contributed by atoms with Crippen molar-refractivity contribution in [3.8, 4) is 11.5 Å². The molecule has 0 radical (unpaired) electrons. The second-order valence-corrected chi connectivity index (χ2v) is 7.58. The smallest absolute Gasteiger partial charge is 0.349 e. The largest absolute Gasteiger partial charge is 0.482 e. The van der Waals surface area contributed by atoms with Gasteiger partial charge in [-0.25, -0.2) is 9.59 Å². The fourth-order valence-electron chi connectivity index (χ4n) is 2.29. The Morgan fingerprint density at radius 3 is 2.27 bits per heavy atom. The predicted molar refractivity (Wildman–Crippen MR) is 102 cm³/mol. The van der Waals surface area contributed by atoms with Gasteiger partial charge in [0.15, 0.2) is 6.61 Å². The van der Waals surface area contributed by atoms with E-state index in [1.807, 2.05) is 18.2 Å². The Morgan fingerprint density at radius 2 is 1.69 bits per heavy atom. The van der Waals surface area contributed by atoms with E-state index in [1.165, 1.54) is 31.4 Å². The van der Waals surface area contributed by atoms with Crippen LogP contribution in [0.25, 0.3) is 0 Å². The topological polar surface area (TPSA) is 61.8 Å². The van der Waals surface area contributed by atoms with Gasteiger partial charge in [0.25, 0.3) is 0 Å². The SMILES string of the molecule is COC(=O)c1ccc(OC(=O)COc2ccc(Br)cc2C(C)(C)C)cc1. The molecule has 0 fully saturated rings. The summed E-state index contributed by atoms with van der Waals surface area (Å²) >= 11 is 3.45. The van der Waals surface area contributed by atoms with E-state index in [2.05, 4.69) is 41.4 Å². The first-order chi connectivity index (χ1) is 12.2. The fraction of sp³-hybridized carbons (Fsp3) is 0.300. The number of halogens is 1. The molecular weight excluding hydrogens is 400 g/mol. The van der Waals surface area contributed by atoms with Gasteiger partial charge in [0.05, 0.1) is 12.7 Å². The Hall–Kier alpha value is -2.34. The van der Waals surface area contributed by atoms with Crippen LogP contribution in [0.3, 0.4) is 0 Å². The third-order valence-electron chi connectivity index (χ3n) is 3.60. The van der Waals surface area contributed by atoms with Crippen LogP contribution in [0.5, 0.6) is 11.5 Å². The molecule has 26 heavy (non-hydrogen) atoms. The Bertz CT molecular complexity index is 791. The van der Waals surface area contributed by atoms with Gasteiger partial charge in [-0.1, -0.05) is 36.7 Å². The van der Waals surface area contributed by atoms with Crippen LogP contribution in [0.2, 0.25) is 0 Å². The first-order valence-corrected chi connectivity index (χ1v) is 8.82. The Balaban J connectivity index is 2.00. The van der Waals surface area contributed by atoms with Crippen LogP contribution in [0, 0.1) is 0 Å². The molecule has 0 spiro atoms. The van der Waals surface area contributed by atoms with E-state index in [9.17, 15) is 9.59 Å². The highest BCUT2D eigenvalue weighted by Gasteiger charge is 2.20. The highest BCUT2D eigenvalue weighted by molar-refractivity contribution is 9.10. The van der Waals surface area contributed by atoms with E-state index in [4.69, 9.17) is 9.47 Å². The molecule has 0 aromatic heterocycles. The summed E-state index contributed by atoms with van der Waals surface area (Å²) in [5.41, 5.74) is 1.24. The number of rotatable bonds is 5. The first-order valence-electron chi connectivity index (χ1n) is 8.02. The zero-order chi connectivity index (χ0) is 19.3. The molecule has 2 rings (SSSR count). The van der Waals surface area contributed by atoms with E-state index in [0.717, 1.165) is 10.0 Å². The second-order valence-electron chi connectivity index (χ2n) is 6.67. The summed E-state index contributed by atoms with van der Waals surface area (Å²) < 4.78 is 16.5. The van der Waals surface area contributed by atoms with Crippen LogP contribution in [0.4, 0.5) is 0 Å². The van der Waals surface area contributed by atoms with Gasteiger partial charge < -0.3 is 14.2 Å². The molecule has 0 amide bonds. The predicted octanol–water partition coefficient (Wildman–Crippen LogP) is 4.52. The van der Waals surface area contributed by atoms with Crippen molar-refractivity contribution in [2.75, 3.05) is 13.7 Å². The molecule has 138 valence electrons. The van der Waals surface area contributed by atoms with Crippen LogP contribution in [0.15, 0.2) is 46.9 Å². The maximum Gasteiger partial charge on any atom is 0.349 e. The zero-order valence-corrected chi connectivity index (χ0v) is 16.8. The van der Waals surface area contributed by atoms with E-state index < -0.39 is 11.9 Å². The minimum absolute atomic E-state index is 0.132. The monoisotopic (exact) mass is 420 g/mol. The normalized spacial score (nSPS) is 11.0. The van der Waals surface area contributed by atoms with Crippen LogP contribution < -0.4 is 9.47 Å². The summed E-state index contributed by atoms with van der Waals surface area (Å²) in [4.78, 5) is 23.4. The number of esters is 2. The molecule has 0 heterocycles. The van der Waals surface area contributed by atoms with Crippen molar-refractivity contribution in [1.82, 2.24) is 0 Å². The number of methoxy groups -OCH3 is 1. The molecule has 0 bridgehead atoms. The first kappa shape index (κ1) is 20.0. The van der Waals surface area contributed by atoms with Gasteiger partial charge in [0, 0.05) is 10.0 Å². The standard InChI is InChI=1S/C20H21BrO5/c1-20(2,3)16-11-14(21)7-10-17(16)25-12-18(22)26-15-8-5-13(6-9-15)19(23)24-4/h5-11H,12H2,1-4H3. The van der Waals surface area contributed by atoms with Gasteiger partial charge in [0.2, 0.25) is 0 Å². The van der Waals surface area contributed by atoms with Crippen LogP contribution in [-0.4, -0.2) is 25.7 Å². The van der Waals surface area contributed by atoms with Gasteiger partial charge in [-0.05, 0) is 47.9 Å². The summed E-state index contributed by atoms with van der Waals surface area (Å²) in [6.07, 6.45) is 0. The summed E-state index contributed by atoms with van der Waals surface area (Å²) in [7, 11) is 1.31. The summed E-state index contributed by atoms with van der Waals surface area (Å²) in [5.74, 6) is -0.00783. The highest BCUT2D eigenvalue weighted by Crippen LogP contribution is 2.33. The number of carbonyl (C=O) groups is 2. The lowest BCUT2D eigenvalue weighted by molar-refractivity contribution is -0.136. The molecule has 0 saturated heterocycles. The fourth-order valence-corrected chi connectivity index (χ4v) is 2.65. The van der Waals surface area contributed by atoms with Crippen LogP contribution >= 0.6 is 15.9 Å². The Morgan fingerprint density at radius 1 is 1.04 bits per heavy atom. The Labute approximate surface area is 161 Å². The minimum atomic E-state index is -0.529. The van der Waals surface area contributed by atoms with Gasteiger partial charge in [0.1, 0.15) is 11.5 Å².